The van der Waals surface area contributed by atoms with Crippen molar-refractivity contribution in [1.82, 2.24) is 0 Å². The molecule has 0 fully saturated rings. The van der Waals surface area contributed by atoms with Crippen LogP contribution < -0.4 is 5.73 Å². The summed E-state index contributed by atoms with van der Waals surface area (Å²) < 4.78 is 37.4. The standard InChI is InChI=1S/C14H12F3NOS/c15-14(16,17)10-3-1-9(2-4-10)12-7-5-11(20-12)6-8-13(18)19/h1-5,7H,6,8H2,(H2,18,19). The Kier molecular flexibility index (Phi) is 4.13. The number of carbonyl (C=O) groups excluding carboxylic acids is 1. The zero-order chi connectivity index (χ0) is 14.8. The van der Waals surface area contributed by atoms with E-state index in [2.05, 4.69) is 0 Å². The molecule has 2 N–H and O–H groups in total. The van der Waals surface area contributed by atoms with Gasteiger partial charge >= 0.3 is 6.18 Å². The summed E-state index contributed by atoms with van der Waals surface area (Å²) in [5.74, 6) is -0.366. The van der Waals surface area contributed by atoms with Crippen molar-refractivity contribution in [3.8, 4) is 10.4 Å². The van der Waals surface area contributed by atoms with Crippen LogP contribution in [0.3, 0.4) is 0 Å². The van der Waals surface area contributed by atoms with Gasteiger partial charge in [0.1, 0.15) is 0 Å². The van der Waals surface area contributed by atoms with Gasteiger partial charge in [-0.3, -0.25) is 4.79 Å². The monoisotopic (exact) mass is 299 g/mol. The van der Waals surface area contributed by atoms with Crippen LogP contribution in [0, 0.1) is 0 Å². The molecule has 1 amide bonds. The molecule has 0 aliphatic carbocycles. The largest absolute Gasteiger partial charge is 0.416 e. The van der Waals surface area contributed by atoms with Crippen LogP contribution in [-0.4, -0.2) is 5.91 Å². The molecule has 0 spiro atoms. The first-order valence-corrected chi connectivity index (χ1v) is 6.72. The van der Waals surface area contributed by atoms with E-state index < -0.39 is 11.7 Å². The number of nitrogens with two attached hydrogens (primary N) is 1. The third kappa shape index (κ3) is 3.60. The number of primary amides is 1. The summed E-state index contributed by atoms with van der Waals surface area (Å²) in [6.45, 7) is 0. The number of benzene rings is 1. The van der Waals surface area contributed by atoms with Gasteiger partial charge in [0.25, 0.3) is 0 Å². The van der Waals surface area contributed by atoms with E-state index >= 15 is 0 Å². The number of rotatable bonds is 4. The van der Waals surface area contributed by atoms with Gasteiger partial charge in [-0.05, 0) is 36.2 Å². The lowest BCUT2D eigenvalue weighted by Gasteiger charge is -2.06. The smallest absolute Gasteiger partial charge is 0.370 e. The van der Waals surface area contributed by atoms with E-state index in [1.165, 1.54) is 23.5 Å². The van der Waals surface area contributed by atoms with Crippen LogP contribution >= 0.6 is 11.3 Å². The molecular weight excluding hydrogens is 287 g/mol. The van der Waals surface area contributed by atoms with E-state index in [4.69, 9.17) is 5.73 Å². The van der Waals surface area contributed by atoms with Gasteiger partial charge in [0.2, 0.25) is 5.91 Å². The lowest BCUT2D eigenvalue weighted by molar-refractivity contribution is -0.137. The minimum atomic E-state index is -4.32. The molecule has 0 unspecified atom stereocenters. The highest BCUT2D eigenvalue weighted by Crippen LogP contribution is 2.33. The maximum absolute atomic E-state index is 12.5. The molecule has 106 valence electrons. The van der Waals surface area contributed by atoms with Gasteiger partial charge in [-0.15, -0.1) is 11.3 Å². The first-order chi connectivity index (χ1) is 9.36. The number of thiophene rings is 1. The van der Waals surface area contributed by atoms with Gasteiger partial charge < -0.3 is 5.73 Å². The highest BCUT2D eigenvalue weighted by Gasteiger charge is 2.29. The van der Waals surface area contributed by atoms with E-state index in [1.807, 2.05) is 12.1 Å². The Bertz CT molecular complexity index is 602. The van der Waals surface area contributed by atoms with Crippen molar-refractivity contribution in [1.29, 1.82) is 0 Å². The molecule has 1 aromatic heterocycles. The summed E-state index contributed by atoms with van der Waals surface area (Å²) >= 11 is 1.45. The van der Waals surface area contributed by atoms with Gasteiger partial charge in [-0.25, -0.2) is 0 Å². The Labute approximate surface area is 118 Å². The summed E-state index contributed by atoms with van der Waals surface area (Å²) in [6, 6.07) is 8.74. The molecule has 0 aliphatic rings. The lowest BCUT2D eigenvalue weighted by atomic mass is 10.1. The number of carbonyl (C=O) groups is 1. The average Bonchev–Trinajstić information content (AvgIpc) is 2.84. The Morgan fingerprint density at radius 1 is 1.10 bits per heavy atom. The summed E-state index contributed by atoms with van der Waals surface area (Å²) in [5.41, 5.74) is 5.14. The van der Waals surface area contributed by atoms with Crippen molar-refractivity contribution < 1.29 is 18.0 Å². The zero-order valence-electron chi connectivity index (χ0n) is 10.4. The molecule has 0 bridgehead atoms. The molecule has 6 heteroatoms. The Balaban J connectivity index is 2.14. The number of halogens is 3. The van der Waals surface area contributed by atoms with Crippen molar-refractivity contribution >= 4 is 17.2 Å². The minimum absolute atomic E-state index is 0.271. The van der Waals surface area contributed by atoms with Gasteiger partial charge in [-0.2, -0.15) is 13.2 Å². The first-order valence-electron chi connectivity index (χ1n) is 5.91. The molecule has 0 saturated heterocycles. The number of hydrogen-bond acceptors (Lipinski definition) is 2. The van der Waals surface area contributed by atoms with E-state index in [0.29, 0.717) is 6.42 Å². The molecule has 0 saturated carbocycles. The van der Waals surface area contributed by atoms with Gasteiger partial charge in [0, 0.05) is 16.2 Å². The van der Waals surface area contributed by atoms with Crippen molar-refractivity contribution in [2.45, 2.75) is 19.0 Å². The SMILES string of the molecule is NC(=O)CCc1ccc(-c2ccc(C(F)(F)F)cc2)s1. The van der Waals surface area contributed by atoms with E-state index in [0.717, 1.165) is 27.5 Å². The van der Waals surface area contributed by atoms with Crippen molar-refractivity contribution in [3.05, 3.63) is 46.8 Å². The minimum Gasteiger partial charge on any atom is -0.370 e. The Morgan fingerprint density at radius 2 is 1.75 bits per heavy atom. The zero-order valence-corrected chi connectivity index (χ0v) is 11.2. The Morgan fingerprint density at radius 3 is 2.30 bits per heavy atom. The molecule has 1 heterocycles. The van der Waals surface area contributed by atoms with Gasteiger partial charge in [0.15, 0.2) is 0 Å². The van der Waals surface area contributed by atoms with Crippen LogP contribution in [0.5, 0.6) is 0 Å². The summed E-state index contributed by atoms with van der Waals surface area (Å²) in [5, 5.41) is 0. The maximum atomic E-state index is 12.5. The molecule has 0 radical (unpaired) electrons. The van der Waals surface area contributed by atoms with Crippen LogP contribution in [0.15, 0.2) is 36.4 Å². The molecule has 0 aliphatic heterocycles. The average molecular weight is 299 g/mol. The summed E-state index contributed by atoms with van der Waals surface area (Å²) in [7, 11) is 0. The van der Waals surface area contributed by atoms with Crippen molar-refractivity contribution in [2.75, 3.05) is 0 Å². The molecule has 2 rings (SSSR count). The fourth-order valence-corrected chi connectivity index (χ4v) is 2.75. The summed E-state index contributed by atoms with van der Waals surface area (Å²) in [4.78, 5) is 12.6. The molecule has 2 nitrogen and oxygen atoms in total. The predicted octanol–water partition coefficient (Wildman–Crippen LogP) is 3.85. The van der Waals surface area contributed by atoms with Crippen LogP contribution in [0.2, 0.25) is 0 Å². The molecule has 1 aromatic carbocycles. The molecule has 2 aromatic rings. The third-order valence-electron chi connectivity index (χ3n) is 2.78. The van der Waals surface area contributed by atoms with Gasteiger partial charge in [-0.1, -0.05) is 12.1 Å². The number of hydrogen-bond donors (Lipinski definition) is 1. The number of amides is 1. The van der Waals surface area contributed by atoms with Crippen LogP contribution in [0.1, 0.15) is 16.9 Å². The third-order valence-corrected chi connectivity index (χ3v) is 3.97. The van der Waals surface area contributed by atoms with Crippen LogP contribution in [0.25, 0.3) is 10.4 Å². The second-order valence-electron chi connectivity index (χ2n) is 4.31. The topological polar surface area (TPSA) is 43.1 Å². The normalized spacial score (nSPS) is 11.6. The second kappa shape index (κ2) is 5.66. The highest BCUT2D eigenvalue weighted by molar-refractivity contribution is 7.15. The molecule has 0 atom stereocenters. The first kappa shape index (κ1) is 14.6. The van der Waals surface area contributed by atoms with Crippen LogP contribution in [0.4, 0.5) is 13.2 Å². The van der Waals surface area contributed by atoms with E-state index in [9.17, 15) is 18.0 Å². The molecule has 20 heavy (non-hydrogen) atoms. The molecular formula is C14H12F3NOS. The van der Waals surface area contributed by atoms with Crippen molar-refractivity contribution in [3.63, 3.8) is 0 Å². The Hall–Kier alpha value is -1.82. The van der Waals surface area contributed by atoms with Crippen molar-refractivity contribution in [2.24, 2.45) is 5.73 Å². The van der Waals surface area contributed by atoms with Crippen LogP contribution in [-0.2, 0) is 17.4 Å². The lowest BCUT2D eigenvalue weighted by Crippen LogP contribution is -2.10. The second-order valence-corrected chi connectivity index (χ2v) is 5.48. The number of aryl methyl sites for hydroxylation is 1. The van der Waals surface area contributed by atoms with E-state index in [-0.39, 0.29) is 12.3 Å². The fraction of sp³-hybridized carbons (Fsp3) is 0.214. The highest BCUT2D eigenvalue weighted by atomic mass is 32.1. The summed E-state index contributed by atoms with van der Waals surface area (Å²) in [6.07, 6.45) is -3.49. The van der Waals surface area contributed by atoms with Gasteiger partial charge in [0.05, 0.1) is 5.56 Å². The maximum Gasteiger partial charge on any atom is 0.416 e. The van der Waals surface area contributed by atoms with E-state index in [1.54, 1.807) is 0 Å². The fourth-order valence-electron chi connectivity index (χ4n) is 1.74. The quantitative estimate of drug-likeness (QED) is 0.915. The predicted molar refractivity (Wildman–Crippen MR) is 72.3 cm³/mol. The number of alkyl halides is 3.